The van der Waals surface area contributed by atoms with Gasteiger partial charge >= 0.3 is 0 Å². The van der Waals surface area contributed by atoms with Gasteiger partial charge in [0.15, 0.2) is 0 Å². The van der Waals surface area contributed by atoms with Crippen molar-refractivity contribution >= 4 is 71.3 Å². The Hall–Kier alpha value is -6.84. The van der Waals surface area contributed by atoms with Crippen molar-refractivity contribution in [3.63, 3.8) is 0 Å². The van der Waals surface area contributed by atoms with Crippen LogP contribution in [0.15, 0.2) is 190 Å². The Morgan fingerprint density at radius 1 is 0.667 bits per heavy atom. The van der Waals surface area contributed by atoms with E-state index in [1.165, 1.54) is 49.7 Å². The van der Waals surface area contributed by atoms with Gasteiger partial charge in [-0.1, -0.05) is 140 Å². The van der Waals surface area contributed by atoms with Crippen molar-refractivity contribution in [3.8, 4) is 16.8 Å². The second-order valence-corrected chi connectivity index (χ2v) is 17.8. The molecule has 63 heavy (non-hydrogen) atoms. The lowest BCUT2D eigenvalue weighted by atomic mass is 9.70. The first kappa shape index (κ1) is 39.0. The highest BCUT2D eigenvalue weighted by Crippen LogP contribution is 2.50. The summed E-state index contributed by atoms with van der Waals surface area (Å²) in [5.41, 5.74) is 16.7. The summed E-state index contributed by atoms with van der Waals surface area (Å²) in [6.45, 7) is 9.40. The van der Waals surface area contributed by atoms with E-state index < -0.39 is 0 Å². The van der Waals surface area contributed by atoms with E-state index in [0.717, 1.165) is 92.8 Å². The number of rotatable bonds is 9. The van der Waals surface area contributed by atoms with Gasteiger partial charge in [-0.15, -0.1) is 0 Å². The van der Waals surface area contributed by atoms with Gasteiger partial charge in [-0.2, -0.15) is 0 Å². The molecule has 9 aromatic rings. The van der Waals surface area contributed by atoms with E-state index in [1.54, 1.807) is 0 Å². The van der Waals surface area contributed by atoms with Crippen molar-refractivity contribution in [2.75, 3.05) is 0 Å². The average Bonchev–Trinajstić information content (AvgIpc) is 3.97. The highest BCUT2D eigenvalue weighted by molar-refractivity contribution is 6.16. The number of hydrogen-bond acceptors (Lipinski definition) is 2. The highest BCUT2D eigenvalue weighted by Gasteiger charge is 2.32. The molecule has 3 aromatic heterocycles. The first-order valence-corrected chi connectivity index (χ1v) is 22.9. The van der Waals surface area contributed by atoms with Crippen molar-refractivity contribution in [1.29, 1.82) is 0 Å². The fourth-order valence-electron chi connectivity index (χ4n) is 10.6. The van der Waals surface area contributed by atoms with Gasteiger partial charge in [0.25, 0.3) is 0 Å². The molecule has 11 rings (SSSR count). The fraction of sp³-hybridized carbons (Fsp3) is 0.200. The summed E-state index contributed by atoms with van der Waals surface area (Å²) in [5.74, 6) is 1.13. The van der Waals surface area contributed by atoms with Gasteiger partial charge in [0.2, 0.25) is 0 Å². The molecule has 0 radical (unpaired) electrons. The third-order valence-corrected chi connectivity index (χ3v) is 14.1. The van der Waals surface area contributed by atoms with Gasteiger partial charge < -0.3 is 13.4 Å². The van der Waals surface area contributed by atoms with Crippen molar-refractivity contribution in [1.82, 2.24) is 4.57 Å². The molecule has 310 valence electrons. The summed E-state index contributed by atoms with van der Waals surface area (Å²) in [7, 11) is 0. The molecule has 0 saturated carbocycles. The summed E-state index contributed by atoms with van der Waals surface area (Å²) in [6.07, 6.45) is 26.1. The lowest BCUT2D eigenvalue weighted by molar-refractivity contribution is 0.500. The summed E-state index contributed by atoms with van der Waals surface area (Å²) in [4.78, 5) is 0. The van der Waals surface area contributed by atoms with Gasteiger partial charge in [-0.3, -0.25) is 0 Å². The monoisotopic (exact) mass is 819 g/mol. The van der Waals surface area contributed by atoms with Crippen molar-refractivity contribution in [3.05, 3.63) is 192 Å². The van der Waals surface area contributed by atoms with Crippen molar-refractivity contribution in [2.45, 2.75) is 65.7 Å². The van der Waals surface area contributed by atoms with Gasteiger partial charge in [0, 0.05) is 44.1 Å². The standard InChI is InChI=1S/C60H53NO2/c1-5-6-7-8-9-11-18-41-19-12-10-13-20-42(34-41)40(4)52-33-38(2)39(3)59-50(52)31-32-53-60(59)51-29-26-43(44-25-28-48-46-21-14-16-23-55(46)62-57(48)36-44)35-54(51)61(53)45-27-30-49-47-22-15-17-24-56(47)63-58(49)37-45/h6-7,9-17,19,21-32,34-37,40-41,52H,5,8,18,20,33H2,1-4H3/b7-6-,11-9-,13-10-,19-12?,42-34+. The van der Waals surface area contributed by atoms with Crippen LogP contribution in [0.1, 0.15) is 76.8 Å². The molecule has 3 nitrogen and oxygen atoms in total. The van der Waals surface area contributed by atoms with Crippen molar-refractivity contribution < 1.29 is 8.83 Å². The third kappa shape index (κ3) is 6.82. The van der Waals surface area contributed by atoms with Crippen LogP contribution < -0.4 is 0 Å². The van der Waals surface area contributed by atoms with Crippen LogP contribution in [0.4, 0.5) is 0 Å². The molecule has 3 unspecified atom stereocenters. The van der Waals surface area contributed by atoms with Gasteiger partial charge in [0.1, 0.15) is 22.3 Å². The summed E-state index contributed by atoms with van der Waals surface area (Å²) >= 11 is 0. The Balaban J connectivity index is 1.07. The second-order valence-electron chi connectivity index (χ2n) is 17.8. The van der Waals surface area contributed by atoms with E-state index in [4.69, 9.17) is 8.83 Å². The zero-order chi connectivity index (χ0) is 42.6. The number of fused-ring (bicyclic) bond motifs is 11. The normalized spacial score (nSPS) is 19.0. The van der Waals surface area contributed by atoms with E-state index in [-0.39, 0.29) is 0 Å². The van der Waals surface area contributed by atoms with E-state index >= 15 is 0 Å². The van der Waals surface area contributed by atoms with E-state index in [0.29, 0.717) is 17.8 Å². The molecule has 3 heterocycles. The molecule has 0 bridgehead atoms. The van der Waals surface area contributed by atoms with E-state index in [9.17, 15) is 0 Å². The molecule has 0 spiro atoms. The lowest BCUT2D eigenvalue weighted by Gasteiger charge is -2.34. The lowest BCUT2D eigenvalue weighted by Crippen LogP contribution is -2.19. The van der Waals surface area contributed by atoms with Crippen LogP contribution in [0.3, 0.4) is 0 Å². The topological polar surface area (TPSA) is 31.2 Å². The predicted octanol–water partition coefficient (Wildman–Crippen LogP) is 17.5. The minimum Gasteiger partial charge on any atom is -0.456 e. The SMILES string of the molecule is CC/C=C\C/C=C\CC1C=C/C=C\C/C(C(C)C2CC(C)=C(C)c3c2ccc2c3c3ccc(-c4ccc5c(c4)oc4ccccc45)cc3n2-c2ccc3c(c2)oc2ccccc23)=C\1. The van der Waals surface area contributed by atoms with Crippen LogP contribution in [0.5, 0.6) is 0 Å². The number of allylic oxidation sites excluding steroid dienone is 12. The molecular weight excluding hydrogens is 767 g/mol. The summed E-state index contributed by atoms with van der Waals surface area (Å²) < 4.78 is 15.4. The zero-order valence-corrected chi connectivity index (χ0v) is 36.7. The van der Waals surface area contributed by atoms with Gasteiger partial charge in [-0.05, 0) is 140 Å². The molecule has 0 fully saturated rings. The maximum absolute atomic E-state index is 6.51. The quantitative estimate of drug-likeness (QED) is 0.136. The predicted molar refractivity (Wildman–Crippen MR) is 268 cm³/mol. The molecule has 2 aliphatic carbocycles. The number of hydrogen-bond donors (Lipinski definition) is 0. The molecule has 3 heteroatoms. The Labute approximate surface area is 369 Å². The minimum atomic E-state index is 0.367. The van der Waals surface area contributed by atoms with Crippen LogP contribution in [-0.2, 0) is 0 Å². The van der Waals surface area contributed by atoms with Gasteiger partial charge in [0.05, 0.1) is 11.0 Å². The van der Waals surface area contributed by atoms with Crippen LogP contribution in [-0.4, -0.2) is 4.57 Å². The molecular formula is C60H53NO2. The Bertz CT molecular complexity index is 3440. The second kappa shape index (κ2) is 16.1. The Morgan fingerprint density at radius 3 is 2.13 bits per heavy atom. The Morgan fingerprint density at radius 2 is 1.35 bits per heavy atom. The molecule has 6 aromatic carbocycles. The summed E-state index contributed by atoms with van der Waals surface area (Å²) in [6, 6.07) is 42.0. The first-order chi connectivity index (χ1) is 30.9. The fourth-order valence-corrected chi connectivity index (χ4v) is 10.6. The summed E-state index contributed by atoms with van der Waals surface area (Å²) in [5, 5.41) is 7.16. The number of benzene rings is 6. The number of aromatic nitrogens is 1. The van der Waals surface area contributed by atoms with Crippen LogP contribution in [0.2, 0.25) is 0 Å². The van der Waals surface area contributed by atoms with Crippen LogP contribution in [0, 0.1) is 11.8 Å². The molecule has 0 N–H and O–H groups in total. The minimum absolute atomic E-state index is 0.367. The highest BCUT2D eigenvalue weighted by atomic mass is 16.3. The van der Waals surface area contributed by atoms with Crippen molar-refractivity contribution in [2.24, 2.45) is 11.8 Å². The van der Waals surface area contributed by atoms with Gasteiger partial charge in [-0.25, -0.2) is 0 Å². The Kier molecular flexibility index (Phi) is 9.99. The molecule has 0 aliphatic heterocycles. The zero-order valence-electron chi connectivity index (χ0n) is 36.7. The van der Waals surface area contributed by atoms with Crippen LogP contribution in [0.25, 0.3) is 88.1 Å². The molecule has 3 atom stereocenters. The molecule has 0 amide bonds. The maximum atomic E-state index is 6.51. The van der Waals surface area contributed by atoms with Crippen LogP contribution >= 0.6 is 0 Å². The number of nitrogens with zero attached hydrogens (tertiary/aromatic N) is 1. The van der Waals surface area contributed by atoms with E-state index in [1.807, 2.05) is 12.1 Å². The molecule has 0 saturated heterocycles. The molecule has 2 aliphatic rings. The maximum Gasteiger partial charge on any atom is 0.137 e. The average molecular weight is 820 g/mol. The first-order valence-electron chi connectivity index (χ1n) is 22.9. The smallest absolute Gasteiger partial charge is 0.137 e. The number of furan rings is 2. The third-order valence-electron chi connectivity index (χ3n) is 14.1. The van der Waals surface area contributed by atoms with E-state index in [2.05, 4.69) is 190 Å². The largest absolute Gasteiger partial charge is 0.456 e. The number of para-hydroxylation sites is 2.